The lowest BCUT2D eigenvalue weighted by atomic mass is 10.7. The van der Waals surface area contributed by atoms with Gasteiger partial charge in [-0.15, -0.1) is 0 Å². The molecule has 8 heavy (non-hydrogen) atoms. The van der Waals surface area contributed by atoms with Crippen LogP contribution >= 0.6 is 22.9 Å². The van der Waals surface area contributed by atoms with Crippen LogP contribution in [0, 0.1) is 0 Å². The Balaban J connectivity index is 3.35. The average molecular weight is 222 g/mol. The van der Waals surface area contributed by atoms with Crippen molar-refractivity contribution in [3.63, 3.8) is 0 Å². The highest BCUT2D eigenvalue weighted by Gasteiger charge is 1.83. The Morgan fingerprint density at radius 1 is 1.75 bits per heavy atom. The zero-order chi connectivity index (χ0) is 5.98. The van der Waals surface area contributed by atoms with E-state index in [1.165, 1.54) is 8.98 Å². The molecule has 0 aliphatic carbocycles. The molecule has 42 valence electrons. The summed E-state index contributed by atoms with van der Waals surface area (Å²) in [6, 6.07) is 1.70. The standard InChI is InChI=1S/C4H3IN2O/c5-7-3-1-2-6-4(7)8/h1-3H. The van der Waals surface area contributed by atoms with E-state index in [9.17, 15) is 4.79 Å². The minimum atomic E-state index is -0.229. The summed E-state index contributed by atoms with van der Waals surface area (Å²) in [7, 11) is 0. The van der Waals surface area contributed by atoms with E-state index in [-0.39, 0.29) is 5.69 Å². The Bertz CT molecular complexity index is 231. The van der Waals surface area contributed by atoms with Gasteiger partial charge in [0.1, 0.15) is 0 Å². The molecule has 0 N–H and O–H groups in total. The van der Waals surface area contributed by atoms with E-state index in [0.717, 1.165) is 0 Å². The van der Waals surface area contributed by atoms with Crippen molar-refractivity contribution in [2.75, 3.05) is 0 Å². The Morgan fingerprint density at radius 3 is 2.88 bits per heavy atom. The first-order valence-corrected chi connectivity index (χ1v) is 2.97. The van der Waals surface area contributed by atoms with Crippen LogP contribution in [-0.4, -0.2) is 7.76 Å². The van der Waals surface area contributed by atoms with Crippen LogP contribution in [0.4, 0.5) is 0 Å². The number of nitrogens with zero attached hydrogens (tertiary/aromatic N) is 2. The van der Waals surface area contributed by atoms with E-state index in [2.05, 4.69) is 4.98 Å². The predicted molar refractivity (Wildman–Crippen MR) is 37.9 cm³/mol. The van der Waals surface area contributed by atoms with Crippen LogP contribution in [0.1, 0.15) is 0 Å². The van der Waals surface area contributed by atoms with Crippen molar-refractivity contribution in [3.05, 3.63) is 28.9 Å². The number of hydrogen-bond donors (Lipinski definition) is 0. The molecule has 4 heteroatoms. The summed E-state index contributed by atoms with van der Waals surface area (Å²) in [6.07, 6.45) is 3.12. The topological polar surface area (TPSA) is 34.9 Å². The molecule has 0 radical (unpaired) electrons. The second-order valence-corrected chi connectivity index (χ2v) is 2.25. The molecule has 1 rings (SSSR count). The third kappa shape index (κ3) is 1.06. The predicted octanol–water partition coefficient (Wildman–Crippen LogP) is 0.441. The van der Waals surface area contributed by atoms with Gasteiger partial charge in [-0.2, -0.15) is 0 Å². The summed E-state index contributed by atoms with van der Waals surface area (Å²) in [6.45, 7) is 0. The molecule has 0 atom stereocenters. The van der Waals surface area contributed by atoms with Gasteiger partial charge in [0.2, 0.25) is 0 Å². The van der Waals surface area contributed by atoms with Crippen molar-refractivity contribution in [2.45, 2.75) is 0 Å². The first-order chi connectivity index (χ1) is 3.80. The van der Waals surface area contributed by atoms with Gasteiger partial charge in [-0.05, 0) is 6.07 Å². The molecular formula is C4H3IN2O. The molecule has 0 unspecified atom stereocenters. The summed E-state index contributed by atoms with van der Waals surface area (Å²) in [5, 5.41) is 0. The van der Waals surface area contributed by atoms with E-state index in [1.807, 2.05) is 22.9 Å². The van der Waals surface area contributed by atoms with Gasteiger partial charge < -0.3 is 0 Å². The minimum absolute atomic E-state index is 0.229. The summed E-state index contributed by atoms with van der Waals surface area (Å²) in [4.78, 5) is 13.9. The highest BCUT2D eigenvalue weighted by atomic mass is 127. The molecule has 0 saturated carbocycles. The molecule has 0 spiro atoms. The zero-order valence-corrected chi connectivity index (χ0v) is 6.07. The number of aromatic nitrogens is 2. The van der Waals surface area contributed by atoms with Crippen molar-refractivity contribution in [3.8, 4) is 0 Å². The molecule has 0 bridgehead atoms. The summed E-state index contributed by atoms with van der Waals surface area (Å²) in [5.74, 6) is 0. The number of hydrogen-bond acceptors (Lipinski definition) is 2. The first-order valence-electron chi connectivity index (χ1n) is 2.00. The van der Waals surface area contributed by atoms with Crippen LogP contribution in [0.15, 0.2) is 23.3 Å². The quantitative estimate of drug-likeness (QED) is 0.597. The minimum Gasteiger partial charge on any atom is -0.245 e. The van der Waals surface area contributed by atoms with Crippen molar-refractivity contribution in [1.82, 2.24) is 7.76 Å². The molecule has 3 nitrogen and oxygen atoms in total. The lowest BCUT2D eigenvalue weighted by Crippen LogP contribution is -2.12. The third-order valence-electron chi connectivity index (χ3n) is 0.671. The van der Waals surface area contributed by atoms with E-state index in [1.54, 1.807) is 12.3 Å². The van der Waals surface area contributed by atoms with Crippen molar-refractivity contribution < 1.29 is 0 Å². The molecule has 0 fully saturated rings. The van der Waals surface area contributed by atoms with Crippen molar-refractivity contribution >= 4 is 22.9 Å². The summed E-state index contributed by atoms with van der Waals surface area (Å²) < 4.78 is 1.39. The average Bonchev–Trinajstić information content (AvgIpc) is 1.77. The number of rotatable bonds is 0. The van der Waals surface area contributed by atoms with Crippen LogP contribution in [0.3, 0.4) is 0 Å². The van der Waals surface area contributed by atoms with Crippen LogP contribution in [0.2, 0.25) is 0 Å². The Labute approximate surface area is 59.9 Å². The van der Waals surface area contributed by atoms with Gasteiger partial charge in [0.25, 0.3) is 0 Å². The van der Waals surface area contributed by atoms with Crippen molar-refractivity contribution in [1.29, 1.82) is 0 Å². The molecule has 1 aromatic rings. The summed E-state index contributed by atoms with van der Waals surface area (Å²) in [5.41, 5.74) is -0.229. The lowest BCUT2D eigenvalue weighted by Gasteiger charge is -1.85. The molecule has 0 amide bonds. The van der Waals surface area contributed by atoms with Crippen LogP contribution in [0.25, 0.3) is 0 Å². The van der Waals surface area contributed by atoms with E-state index in [4.69, 9.17) is 0 Å². The van der Waals surface area contributed by atoms with E-state index in [0.29, 0.717) is 0 Å². The van der Waals surface area contributed by atoms with Gasteiger partial charge in [0.05, 0.1) is 22.9 Å². The Morgan fingerprint density at radius 2 is 2.50 bits per heavy atom. The molecule has 1 aromatic heterocycles. The first kappa shape index (κ1) is 5.74. The maximum atomic E-state index is 10.5. The fraction of sp³-hybridized carbons (Fsp3) is 0. The van der Waals surface area contributed by atoms with Gasteiger partial charge in [0.15, 0.2) is 0 Å². The maximum Gasteiger partial charge on any atom is 0.356 e. The van der Waals surface area contributed by atoms with Gasteiger partial charge in [-0.25, -0.2) is 12.6 Å². The summed E-state index contributed by atoms with van der Waals surface area (Å²) >= 11 is 1.87. The molecular weight excluding hydrogens is 219 g/mol. The van der Waals surface area contributed by atoms with Crippen LogP contribution in [-0.2, 0) is 0 Å². The van der Waals surface area contributed by atoms with Crippen LogP contribution in [0.5, 0.6) is 0 Å². The fourth-order valence-corrected chi connectivity index (χ4v) is 0.650. The molecule has 0 aliphatic rings. The SMILES string of the molecule is O=c1ncccn1I. The maximum absolute atomic E-state index is 10.5. The monoisotopic (exact) mass is 222 g/mol. The normalized spacial score (nSPS) is 9.12. The number of halogens is 1. The Kier molecular flexibility index (Phi) is 1.62. The molecule has 0 aromatic carbocycles. The fourth-order valence-electron chi connectivity index (χ4n) is 0.340. The van der Waals surface area contributed by atoms with Gasteiger partial charge >= 0.3 is 5.69 Å². The molecule has 0 aliphatic heterocycles. The Hall–Kier alpha value is -0.390. The largest absolute Gasteiger partial charge is 0.356 e. The highest BCUT2D eigenvalue weighted by molar-refractivity contribution is 14.1. The van der Waals surface area contributed by atoms with E-state index >= 15 is 0 Å². The molecule has 0 saturated heterocycles. The lowest BCUT2D eigenvalue weighted by molar-refractivity contribution is 1.05. The van der Waals surface area contributed by atoms with Gasteiger partial charge in [0, 0.05) is 12.4 Å². The smallest absolute Gasteiger partial charge is 0.245 e. The van der Waals surface area contributed by atoms with Crippen molar-refractivity contribution in [2.24, 2.45) is 0 Å². The zero-order valence-electron chi connectivity index (χ0n) is 3.91. The van der Waals surface area contributed by atoms with Gasteiger partial charge in [-0.3, -0.25) is 0 Å². The highest BCUT2D eigenvalue weighted by Crippen LogP contribution is 1.82. The van der Waals surface area contributed by atoms with E-state index < -0.39 is 0 Å². The third-order valence-corrected chi connectivity index (χ3v) is 1.41. The second-order valence-electron chi connectivity index (χ2n) is 1.21. The molecule has 1 heterocycles. The van der Waals surface area contributed by atoms with Crippen LogP contribution < -0.4 is 5.69 Å². The van der Waals surface area contributed by atoms with Gasteiger partial charge in [-0.1, -0.05) is 0 Å². The second kappa shape index (κ2) is 2.25.